The van der Waals surface area contributed by atoms with E-state index in [1.807, 2.05) is 36.7 Å². The summed E-state index contributed by atoms with van der Waals surface area (Å²) < 4.78 is 7.53. The van der Waals surface area contributed by atoms with Crippen molar-refractivity contribution in [2.45, 2.75) is 18.9 Å². The van der Waals surface area contributed by atoms with E-state index in [4.69, 9.17) is 15.5 Å². The maximum absolute atomic E-state index is 6.03. The van der Waals surface area contributed by atoms with E-state index < -0.39 is 0 Å². The van der Waals surface area contributed by atoms with Gasteiger partial charge in [0, 0.05) is 17.8 Å². The van der Waals surface area contributed by atoms with Crippen molar-refractivity contribution in [3.63, 3.8) is 0 Å². The summed E-state index contributed by atoms with van der Waals surface area (Å²) in [6, 6.07) is 8.38. The number of nitrogens with two attached hydrogens (primary N) is 1. The third kappa shape index (κ3) is 1.93. The second-order valence-electron chi connectivity index (χ2n) is 5.36. The van der Waals surface area contributed by atoms with Gasteiger partial charge in [-0.2, -0.15) is 0 Å². The van der Waals surface area contributed by atoms with Crippen molar-refractivity contribution in [3.05, 3.63) is 36.7 Å². The Bertz CT molecular complexity index is 820. The third-order valence-electron chi connectivity index (χ3n) is 3.89. The molecule has 1 aromatic carbocycles. The van der Waals surface area contributed by atoms with Crippen LogP contribution in [0.25, 0.3) is 22.4 Å². The molecule has 21 heavy (non-hydrogen) atoms. The van der Waals surface area contributed by atoms with Gasteiger partial charge in [-0.3, -0.25) is 4.98 Å². The van der Waals surface area contributed by atoms with Gasteiger partial charge in [0.05, 0.1) is 24.5 Å². The van der Waals surface area contributed by atoms with Crippen LogP contribution >= 0.6 is 0 Å². The first-order chi connectivity index (χ1) is 10.3. The molecular formula is C16H16N4O. The molecule has 0 aliphatic heterocycles. The molecular weight excluding hydrogens is 264 g/mol. The number of fused-ring (bicyclic) bond motifs is 1. The van der Waals surface area contributed by atoms with Gasteiger partial charge in [0.1, 0.15) is 17.1 Å². The summed E-state index contributed by atoms with van der Waals surface area (Å²) >= 11 is 0. The zero-order valence-electron chi connectivity index (χ0n) is 11.8. The van der Waals surface area contributed by atoms with Gasteiger partial charge in [0.25, 0.3) is 0 Å². The molecule has 1 fully saturated rings. The predicted molar refractivity (Wildman–Crippen MR) is 82.2 cm³/mol. The van der Waals surface area contributed by atoms with Crippen LogP contribution in [-0.4, -0.2) is 21.6 Å². The maximum Gasteiger partial charge on any atom is 0.141 e. The fourth-order valence-corrected chi connectivity index (χ4v) is 2.73. The number of hydrogen-bond acceptors (Lipinski definition) is 4. The van der Waals surface area contributed by atoms with E-state index >= 15 is 0 Å². The quantitative estimate of drug-likeness (QED) is 0.749. The minimum Gasteiger partial charge on any atom is -0.495 e. The molecule has 2 N–H and O–H groups in total. The number of nitrogen functional groups attached to an aromatic ring is 1. The fourth-order valence-electron chi connectivity index (χ4n) is 2.73. The van der Waals surface area contributed by atoms with E-state index in [1.54, 1.807) is 7.11 Å². The van der Waals surface area contributed by atoms with Crippen LogP contribution in [-0.2, 0) is 0 Å². The number of pyridine rings is 1. The van der Waals surface area contributed by atoms with Crippen molar-refractivity contribution in [3.8, 4) is 17.1 Å². The minimum absolute atomic E-state index is 0.538. The van der Waals surface area contributed by atoms with E-state index in [0.29, 0.717) is 17.5 Å². The standard InChI is InChI=1S/C16H16N4O/c1-21-15-5-2-10(8-12(15)17)16-19-13-9-18-7-6-14(13)20(16)11-3-4-11/h2,5-9,11H,3-4,17H2,1H3. The summed E-state index contributed by atoms with van der Waals surface area (Å²) in [5.41, 5.74) is 9.73. The lowest BCUT2D eigenvalue weighted by atomic mass is 10.1. The van der Waals surface area contributed by atoms with Gasteiger partial charge < -0.3 is 15.0 Å². The summed E-state index contributed by atoms with van der Waals surface area (Å²) in [7, 11) is 1.62. The number of anilines is 1. The van der Waals surface area contributed by atoms with E-state index in [9.17, 15) is 0 Å². The average Bonchev–Trinajstić information content (AvgIpc) is 3.27. The van der Waals surface area contributed by atoms with Crippen LogP contribution in [0.1, 0.15) is 18.9 Å². The van der Waals surface area contributed by atoms with Gasteiger partial charge in [-0.1, -0.05) is 0 Å². The predicted octanol–water partition coefficient (Wildman–Crippen LogP) is 3.02. The van der Waals surface area contributed by atoms with Crippen molar-refractivity contribution in [1.29, 1.82) is 0 Å². The molecule has 2 heterocycles. The topological polar surface area (TPSA) is 66.0 Å². The van der Waals surface area contributed by atoms with Crippen LogP contribution in [0.5, 0.6) is 5.75 Å². The van der Waals surface area contributed by atoms with Gasteiger partial charge in [0.2, 0.25) is 0 Å². The van der Waals surface area contributed by atoms with Gasteiger partial charge in [-0.25, -0.2) is 4.98 Å². The van der Waals surface area contributed by atoms with E-state index in [2.05, 4.69) is 9.55 Å². The molecule has 1 aliphatic rings. The van der Waals surface area contributed by atoms with Crippen molar-refractivity contribution >= 4 is 16.7 Å². The first-order valence-electron chi connectivity index (χ1n) is 7.04. The molecule has 5 nitrogen and oxygen atoms in total. The lowest BCUT2D eigenvalue weighted by Crippen LogP contribution is -1.99. The Morgan fingerprint density at radius 2 is 2.14 bits per heavy atom. The molecule has 1 saturated carbocycles. The van der Waals surface area contributed by atoms with Crippen molar-refractivity contribution in [2.24, 2.45) is 0 Å². The van der Waals surface area contributed by atoms with Crippen LogP contribution in [0.2, 0.25) is 0 Å². The molecule has 0 spiro atoms. The SMILES string of the molecule is COc1ccc(-c2nc3cnccc3n2C2CC2)cc1N. The van der Waals surface area contributed by atoms with E-state index in [-0.39, 0.29) is 0 Å². The molecule has 0 saturated heterocycles. The van der Waals surface area contributed by atoms with Gasteiger partial charge >= 0.3 is 0 Å². The lowest BCUT2D eigenvalue weighted by Gasteiger charge is -2.10. The number of aromatic nitrogens is 3. The normalized spacial score (nSPS) is 14.5. The molecule has 4 rings (SSSR count). The number of imidazole rings is 1. The van der Waals surface area contributed by atoms with E-state index in [0.717, 1.165) is 22.4 Å². The number of hydrogen-bond donors (Lipinski definition) is 1. The Morgan fingerprint density at radius 1 is 1.29 bits per heavy atom. The first kappa shape index (κ1) is 12.2. The number of nitrogens with zero attached hydrogens (tertiary/aromatic N) is 3. The Kier molecular flexibility index (Phi) is 2.60. The summed E-state index contributed by atoms with van der Waals surface area (Å²) in [4.78, 5) is 8.91. The van der Waals surface area contributed by atoms with Gasteiger partial charge in [0.15, 0.2) is 0 Å². The van der Waals surface area contributed by atoms with Crippen LogP contribution in [0.4, 0.5) is 5.69 Å². The third-order valence-corrected chi connectivity index (χ3v) is 3.89. The number of ether oxygens (including phenoxy) is 1. The molecule has 1 aliphatic carbocycles. The monoisotopic (exact) mass is 280 g/mol. The average molecular weight is 280 g/mol. The molecule has 0 unspecified atom stereocenters. The first-order valence-corrected chi connectivity index (χ1v) is 7.04. The number of methoxy groups -OCH3 is 1. The Hall–Kier alpha value is -2.56. The second kappa shape index (κ2) is 4.48. The summed E-state index contributed by atoms with van der Waals surface area (Å²) in [6.45, 7) is 0. The Balaban J connectivity index is 1.93. The highest BCUT2D eigenvalue weighted by molar-refractivity contribution is 5.81. The smallest absolute Gasteiger partial charge is 0.141 e. The van der Waals surface area contributed by atoms with Crippen LogP contribution < -0.4 is 10.5 Å². The zero-order valence-corrected chi connectivity index (χ0v) is 11.8. The zero-order chi connectivity index (χ0) is 14.4. The maximum atomic E-state index is 6.03. The molecule has 106 valence electrons. The minimum atomic E-state index is 0.538. The van der Waals surface area contributed by atoms with Crippen LogP contribution in [0.3, 0.4) is 0 Å². The van der Waals surface area contributed by atoms with Crippen LogP contribution in [0, 0.1) is 0 Å². The highest BCUT2D eigenvalue weighted by Crippen LogP contribution is 2.41. The molecule has 0 bridgehead atoms. The Labute approximate surface area is 122 Å². The van der Waals surface area contributed by atoms with Crippen molar-refractivity contribution in [2.75, 3.05) is 12.8 Å². The largest absolute Gasteiger partial charge is 0.495 e. The molecule has 0 atom stereocenters. The number of rotatable bonds is 3. The van der Waals surface area contributed by atoms with Crippen LogP contribution in [0.15, 0.2) is 36.7 Å². The summed E-state index contributed by atoms with van der Waals surface area (Å²) in [6.07, 6.45) is 6.03. The van der Waals surface area contributed by atoms with Gasteiger partial charge in [-0.15, -0.1) is 0 Å². The molecule has 0 amide bonds. The Morgan fingerprint density at radius 3 is 2.86 bits per heavy atom. The lowest BCUT2D eigenvalue weighted by molar-refractivity contribution is 0.417. The summed E-state index contributed by atoms with van der Waals surface area (Å²) in [5.74, 6) is 1.64. The highest BCUT2D eigenvalue weighted by atomic mass is 16.5. The highest BCUT2D eigenvalue weighted by Gasteiger charge is 2.28. The summed E-state index contributed by atoms with van der Waals surface area (Å²) in [5, 5.41) is 0. The van der Waals surface area contributed by atoms with Crippen molar-refractivity contribution in [1.82, 2.24) is 14.5 Å². The fraction of sp³-hybridized carbons (Fsp3) is 0.250. The second-order valence-corrected chi connectivity index (χ2v) is 5.36. The van der Waals surface area contributed by atoms with Crippen molar-refractivity contribution < 1.29 is 4.74 Å². The number of benzene rings is 1. The van der Waals surface area contributed by atoms with E-state index in [1.165, 1.54) is 12.8 Å². The molecule has 3 aromatic rings. The molecule has 0 radical (unpaired) electrons. The molecule has 5 heteroatoms. The molecule has 2 aromatic heterocycles. The van der Waals surface area contributed by atoms with Gasteiger partial charge in [-0.05, 0) is 37.1 Å².